The van der Waals surface area contributed by atoms with E-state index in [0.717, 1.165) is 11.1 Å². The first kappa shape index (κ1) is 14.3. The van der Waals surface area contributed by atoms with Crippen molar-refractivity contribution in [2.24, 2.45) is 5.14 Å². The predicted octanol–water partition coefficient (Wildman–Crippen LogP) is 2.10. The fourth-order valence-corrected chi connectivity index (χ4v) is 2.92. The van der Waals surface area contributed by atoms with Gasteiger partial charge >= 0.3 is 0 Å². The molecule has 0 radical (unpaired) electrons. The Hall–Kier alpha value is -2.16. The number of nitrogens with zero attached hydrogens (tertiary/aromatic N) is 1. The number of aryl methyl sites for hydroxylation is 1. The van der Waals surface area contributed by atoms with Gasteiger partial charge in [-0.3, -0.25) is 0 Å². The molecule has 0 atom stereocenters. The van der Waals surface area contributed by atoms with Crippen LogP contribution in [0, 0.1) is 18.3 Å². The summed E-state index contributed by atoms with van der Waals surface area (Å²) in [4.78, 5) is 0.116. The van der Waals surface area contributed by atoms with Crippen molar-refractivity contribution in [3.05, 3.63) is 64.7 Å². The summed E-state index contributed by atoms with van der Waals surface area (Å²) in [5.41, 5.74) is 2.74. The van der Waals surface area contributed by atoms with Crippen molar-refractivity contribution in [2.75, 3.05) is 0 Å². The first-order valence-electron chi connectivity index (χ1n) is 6.02. The molecule has 0 heterocycles. The number of primary sulfonamides is 1. The van der Waals surface area contributed by atoms with Crippen LogP contribution in [-0.4, -0.2) is 8.42 Å². The maximum absolute atomic E-state index is 11.7. The normalized spacial score (nSPS) is 11.1. The van der Waals surface area contributed by atoms with Gasteiger partial charge in [-0.2, -0.15) is 5.26 Å². The van der Waals surface area contributed by atoms with Gasteiger partial charge in [-0.25, -0.2) is 13.6 Å². The summed E-state index contributed by atoms with van der Waals surface area (Å²) in [6.07, 6.45) is 0.357. The van der Waals surface area contributed by atoms with E-state index in [1.165, 1.54) is 0 Å². The highest BCUT2D eigenvalue weighted by Crippen LogP contribution is 2.21. The van der Waals surface area contributed by atoms with Gasteiger partial charge in [-0.15, -0.1) is 0 Å². The molecular weight excluding hydrogens is 272 g/mol. The highest BCUT2D eigenvalue weighted by atomic mass is 32.2. The summed E-state index contributed by atoms with van der Waals surface area (Å²) in [6, 6.07) is 14.3. The first-order valence-corrected chi connectivity index (χ1v) is 7.57. The van der Waals surface area contributed by atoms with Crippen LogP contribution in [0.25, 0.3) is 0 Å². The van der Waals surface area contributed by atoms with Crippen molar-refractivity contribution < 1.29 is 8.42 Å². The third kappa shape index (κ3) is 3.05. The van der Waals surface area contributed by atoms with E-state index in [2.05, 4.69) is 6.07 Å². The molecule has 2 rings (SSSR count). The number of nitrogens with two attached hydrogens (primary N) is 1. The van der Waals surface area contributed by atoms with Gasteiger partial charge in [0, 0.05) is 6.42 Å². The Balaban J connectivity index is 2.53. The molecule has 0 saturated heterocycles. The molecule has 0 saturated carbocycles. The monoisotopic (exact) mass is 286 g/mol. The van der Waals surface area contributed by atoms with Gasteiger partial charge in [0.15, 0.2) is 0 Å². The van der Waals surface area contributed by atoms with Crippen LogP contribution in [0.1, 0.15) is 22.3 Å². The van der Waals surface area contributed by atoms with Gasteiger partial charge in [-0.1, -0.05) is 30.3 Å². The van der Waals surface area contributed by atoms with E-state index in [1.54, 1.807) is 24.3 Å². The third-order valence-electron chi connectivity index (χ3n) is 3.05. The van der Waals surface area contributed by atoms with Crippen LogP contribution in [0.2, 0.25) is 0 Å². The Bertz CT molecular complexity index is 790. The number of rotatable bonds is 3. The van der Waals surface area contributed by atoms with Crippen LogP contribution in [0.5, 0.6) is 0 Å². The van der Waals surface area contributed by atoms with Crippen LogP contribution in [0.4, 0.5) is 0 Å². The minimum absolute atomic E-state index is 0.116. The Morgan fingerprint density at radius 2 is 1.85 bits per heavy atom. The molecule has 0 fully saturated rings. The SMILES string of the molecule is Cc1ccc(Cc2ccccc2C#N)c(S(N)(=O)=O)c1. The summed E-state index contributed by atoms with van der Waals surface area (Å²) in [7, 11) is -3.78. The van der Waals surface area contributed by atoms with Crippen LogP contribution < -0.4 is 5.14 Å². The molecule has 0 aliphatic rings. The molecule has 2 N–H and O–H groups in total. The summed E-state index contributed by atoms with van der Waals surface area (Å²) >= 11 is 0. The average molecular weight is 286 g/mol. The lowest BCUT2D eigenvalue weighted by Crippen LogP contribution is -2.15. The average Bonchev–Trinajstić information content (AvgIpc) is 2.40. The number of sulfonamides is 1. The maximum atomic E-state index is 11.7. The molecule has 0 amide bonds. The molecular formula is C15H14N2O2S. The predicted molar refractivity (Wildman–Crippen MR) is 76.5 cm³/mol. The van der Waals surface area contributed by atoms with Gasteiger partial charge < -0.3 is 0 Å². The largest absolute Gasteiger partial charge is 0.238 e. The molecule has 0 bridgehead atoms. The molecule has 20 heavy (non-hydrogen) atoms. The van der Waals surface area contributed by atoms with E-state index in [9.17, 15) is 8.42 Å². The van der Waals surface area contributed by atoms with Crippen LogP contribution in [-0.2, 0) is 16.4 Å². The molecule has 0 aliphatic heterocycles. The second-order valence-electron chi connectivity index (χ2n) is 4.60. The fraction of sp³-hybridized carbons (Fsp3) is 0.133. The summed E-state index contributed by atoms with van der Waals surface area (Å²) in [5, 5.41) is 14.3. The zero-order valence-electron chi connectivity index (χ0n) is 11.0. The van der Waals surface area contributed by atoms with E-state index < -0.39 is 10.0 Å². The van der Waals surface area contributed by atoms with Crippen LogP contribution >= 0.6 is 0 Å². The number of benzene rings is 2. The van der Waals surface area contributed by atoms with Crippen molar-refractivity contribution >= 4 is 10.0 Å². The summed E-state index contributed by atoms with van der Waals surface area (Å²) < 4.78 is 23.3. The van der Waals surface area contributed by atoms with E-state index in [1.807, 2.05) is 25.1 Å². The second-order valence-corrected chi connectivity index (χ2v) is 6.13. The quantitative estimate of drug-likeness (QED) is 0.937. The van der Waals surface area contributed by atoms with Crippen molar-refractivity contribution in [1.29, 1.82) is 5.26 Å². The lowest BCUT2D eigenvalue weighted by atomic mass is 10.00. The van der Waals surface area contributed by atoms with Gasteiger partial charge in [0.25, 0.3) is 0 Å². The molecule has 102 valence electrons. The topological polar surface area (TPSA) is 83.9 Å². The lowest BCUT2D eigenvalue weighted by molar-refractivity contribution is 0.596. The van der Waals surface area contributed by atoms with Gasteiger partial charge in [0.2, 0.25) is 10.0 Å². The highest BCUT2D eigenvalue weighted by Gasteiger charge is 2.15. The van der Waals surface area contributed by atoms with Gasteiger partial charge in [0.1, 0.15) is 0 Å². The van der Waals surface area contributed by atoms with Crippen molar-refractivity contribution in [2.45, 2.75) is 18.2 Å². The van der Waals surface area contributed by atoms with Crippen molar-refractivity contribution in [1.82, 2.24) is 0 Å². The van der Waals surface area contributed by atoms with E-state index in [0.29, 0.717) is 17.5 Å². The lowest BCUT2D eigenvalue weighted by Gasteiger charge is -2.10. The Morgan fingerprint density at radius 1 is 1.15 bits per heavy atom. The molecule has 4 nitrogen and oxygen atoms in total. The number of hydrogen-bond donors (Lipinski definition) is 1. The van der Waals surface area contributed by atoms with Crippen LogP contribution in [0.15, 0.2) is 47.4 Å². The smallest absolute Gasteiger partial charge is 0.225 e. The van der Waals surface area contributed by atoms with E-state index >= 15 is 0 Å². The minimum Gasteiger partial charge on any atom is -0.225 e. The number of hydrogen-bond acceptors (Lipinski definition) is 3. The Morgan fingerprint density at radius 3 is 2.50 bits per heavy atom. The molecule has 0 spiro atoms. The Kier molecular flexibility index (Phi) is 3.89. The maximum Gasteiger partial charge on any atom is 0.238 e. The van der Waals surface area contributed by atoms with Crippen molar-refractivity contribution in [3.8, 4) is 6.07 Å². The molecule has 5 heteroatoms. The fourth-order valence-electron chi connectivity index (χ4n) is 2.06. The van der Waals surface area contributed by atoms with Gasteiger partial charge in [-0.05, 0) is 35.7 Å². The standard InChI is InChI=1S/C15H14N2O2S/c1-11-6-7-13(15(8-11)20(17,18)19)9-12-4-2-3-5-14(12)10-16/h2-8H,9H2,1H3,(H2,17,18,19). The summed E-state index contributed by atoms with van der Waals surface area (Å²) in [6.45, 7) is 1.81. The van der Waals surface area contributed by atoms with Crippen LogP contribution in [0.3, 0.4) is 0 Å². The minimum atomic E-state index is -3.78. The molecule has 0 aromatic heterocycles. The zero-order valence-corrected chi connectivity index (χ0v) is 11.8. The molecule has 0 aliphatic carbocycles. The molecule has 0 unspecified atom stereocenters. The third-order valence-corrected chi connectivity index (χ3v) is 4.04. The Labute approximate surface area is 118 Å². The van der Waals surface area contributed by atoms with E-state index in [4.69, 9.17) is 10.4 Å². The van der Waals surface area contributed by atoms with Crippen molar-refractivity contribution in [3.63, 3.8) is 0 Å². The molecule has 2 aromatic rings. The zero-order chi connectivity index (χ0) is 14.8. The second kappa shape index (κ2) is 5.45. The van der Waals surface area contributed by atoms with Gasteiger partial charge in [0.05, 0.1) is 16.5 Å². The summed E-state index contributed by atoms with van der Waals surface area (Å²) in [5.74, 6) is 0. The highest BCUT2D eigenvalue weighted by molar-refractivity contribution is 7.89. The molecule has 2 aromatic carbocycles. The van der Waals surface area contributed by atoms with E-state index in [-0.39, 0.29) is 4.90 Å². The first-order chi connectivity index (χ1) is 9.41. The number of nitriles is 1.